The fourth-order valence-corrected chi connectivity index (χ4v) is 4.22. The number of nitrogens with zero attached hydrogens (tertiary/aromatic N) is 2. The number of aryl methyl sites for hydroxylation is 1. The van der Waals surface area contributed by atoms with Crippen LogP contribution >= 0.6 is 0 Å². The highest BCUT2D eigenvalue weighted by molar-refractivity contribution is 6.04. The minimum absolute atomic E-state index is 0. The van der Waals surface area contributed by atoms with Crippen LogP contribution in [-0.4, -0.2) is 26.9 Å². The van der Waals surface area contributed by atoms with Crippen LogP contribution < -0.4 is 0 Å². The second-order valence-electron chi connectivity index (χ2n) is 8.22. The van der Waals surface area contributed by atoms with Crippen molar-refractivity contribution in [2.45, 2.75) is 59.6 Å². The van der Waals surface area contributed by atoms with Gasteiger partial charge in [-0.1, -0.05) is 100.0 Å². The highest BCUT2D eigenvalue weighted by Gasteiger charge is 2.58. The normalized spacial score (nSPS) is 17.6. The van der Waals surface area contributed by atoms with E-state index in [1.165, 1.54) is 4.90 Å². The zero-order chi connectivity index (χ0) is 26.3. The Balaban J connectivity index is 0.000000919. The number of imidazole rings is 1. The van der Waals surface area contributed by atoms with E-state index in [1.807, 2.05) is 120 Å². The molecule has 36 heavy (non-hydrogen) atoms. The second-order valence-corrected chi connectivity index (χ2v) is 8.22. The Morgan fingerprint density at radius 1 is 0.917 bits per heavy atom. The summed E-state index contributed by atoms with van der Waals surface area (Å²) in [6.07, 6.45) is -0.477. The summed E-state index contributed by atoms with van der Waals surface area (Å²) in [5.41, 5.74) is 2.78. The van der Waals surface area contributed by atoms with Crippen LogP contribution in [0.5, 0.6) is 0 Å². The summed E-state index contributed by atoms with van der Waals surface area (Å²) in [7, 11) is 0. The first-order valence-corrected chi connectivity index (χ1v) is 12.6. The Hall–Kier alpha value is -3.93. The van der Waals surface area contributed by atoms with Gasteiger partial charge < -0.3 is 9.72 Å². The third kappa shape index (κ3) is 5.03. The highest BCUT2D eigenvalue weighted by atomic mass is 16.6. The van der Waals surface area contributed by atoms with Gasteiger partial charge >= 0.3 is 6.09 Å². The summed E-state index contributed by atoms with van der Waals surface area (Å²) in [5, 5.41) is 0. The Labute approximate surface area is 214 Å². The highest BCUT2D eigenvalue weighted by Crippen LogP contribution is 2.40. The molecule has 190 valence electrons. The van der Waals surface area contributed by atoms with Gasteiger partial charge in [-0.2, -0.15) is 0 Å². The largest absolute Gasteiger partial charge is 0.424 e. The number of nitrogens with one attached hydrogen (secondary N) is 1. The van der Waals surface area contributed by atoms with Crippen molar-refractivity contribution in [3.05, 3.63) is 101 Å². The number of imide groups is 1. The minimum Gasteiger partial charge on any atom is -0.424 e. The number of cyclic esters (lactones) is 1. The van der Waals surface area contributed by atoms with Crippen molar-refractivity contribution in [3.63, 3.8) is 0 Å². The predicted molar refractivity (Wildman–Crippen MR) is 146 cm³/mol. The number of fused-ring (bicyclic) bond motifs is 1. The van der Waals surface area contributed by atoms with Gasteiger partial charge in [-0.15, -0.1) is 0 Å². The van der Waals surface area contributed by atoms with Crippen molar-refractivity contribution in [1.82, 2.24) is 14.9 Å². The average Bonchev–Trinajstić information content (AvgIpc) is 3.46. The minimum atomic E-state index is -1.56. The quantitative estimate of drug-likeness (QED) is 0.319. The van der Waals surface area contributed by atoms with E-state index in [2.05, 4.69) is 9.97 Å². The molecule has 1 aliphatic rings. The molecular weight excluding hydrogens is 450 g/mol. The van der Waals surface area contributed by atoms with Crippen LogP contribution in [0.2, 0.25) is 0 Å². The van der Waals surface area contributed by atoms with E-state index in [1.54, 1.807) is 0 Å². The van der Waals surface area contributed by atoms with Crippen LogP contribution in [0.25, 0.3) is 11.0 Å². The van der Waals surface area contributed by atoms with Crippen LogP contribution in [0.3, 0.4) is 0 Å². The second kappa shape index (κ2) is 11.7. The molecule has 0 aliphatic carbocycles. The number of benzene rings is 3. The Bertz CT molecular complexity index is 1270. The van der Waals surface area contributed by atoms with Gasteiger partial charge in [-0.25, -0.2) is 14.7 Å². The number of para-hydroxylation sites is 2. The lowest BCUT2D eigenvalue weighted by Crippen LogP contribution is -2.42. The first-order valence-electron chi connectivity index (χ1n) is 12.6. The lowest BCUT2D eigenvalue weighted by molar-refractivity contribution is -0.139. The zero-order valence-electron chi connectivity index (χ0n) is 21.9. The molecule has 2 amide bonds. The Kier molecular flexibility index (Phi) is 8.64. The summed E-state index contributed by atoms with van der Waals surface area (Å²) in [5.74, 6) is -0.0852. The van der Waals surface area contributed by atoms with Gasteiger partial charge in [0.05, 0.1) is 17.1 Å². The molecule has 1 fully saturated rings. The maximum absolute atomic E-state index is 13.9. The Morgan fingerprint density at radius 2 is 1.53 bits per heavy atom. The number of amides is 2. The molecule has 0 unspecified atom stereocenters. The van der Waals surface area contributed by atoms with Crippen molar-refractivity contribution in [1.29, 1.82) is 0 Å². The third-order valence-corrected chi connectivity index (χ3v) is 6.04. The zero-order valence-corrected chi connectivity index (χ0v) is 21.9. The van der Waals surface area contributed by atoms with E-state index < -0.39 is 23.6 Å². The fourth-order valence-electron chi connectivity index (χ4n) is 4.22. The molecule has 1 N–H and O–H groups in total. The first kappa shape index (κ1) is 26.7. The summed E-state index contributed by atoms with van der Waals surface area (Å²) in [4.78, 5) is 36.1. The van der Waals surface area contributed by atoms with Crippen LogP contribution in [-0.2, 0) is 21.6 Å². The van der Waals surface area contributed by atoms with Gasteiger partial charge in [0.25, 0.3) is 11.5 Å². The Morgan fingerprint density at radius 3 is 2.17 bits per heavy atom. The molecular formula is C30H37N3O3. The van der Waals surface area contributed by atoms with Gasteiger partial charge in [-0.3, -0.25) is 4.79 Å². The van der Waals surface area contributed by atoms with Crippen LogP contribution in [0.15, 0.2) is 78.9 Å². The molecule has 2 heterocycles. The number of carbonyl (C=O) groups is 2. The SMILES string of the molecule is CC.CC.Cc1ccc([C@@H](C)N2C(=O)O[C@](Cc3ccccc3)(c3nc4ccccc4[nH]3)C2=O)cc1.[HH]. The molecule has 1 aliphatic heterocycles. The van der Waals surface area contributed by atoms with Gasteiger partial charge in [0.2, 0.25) is 0 Å². The van der Waals surface area contributed by atoms with Crippen molar-refractivity contribution in [3.8, 4) is 0 Å². The molecule has 3 aromatic carbocycles. The molecule has 1 saturated heterocycles. The number of aromatic nitrogens is 2. The number of hydrogen-bond donors (Lipinski definition) is 1. The van der Waals surface area contributed by atoms with E-state index in [0.29, 0.717) is 11.3 Å². The molecule has 5 rings (SSSR count). The summed E-state index contributed by atoms with van der Waals surface area (Å²) in [6.45, 7) is 11.8. The summed E-state index contributed by atoms with van der Waals surface area (Å²) in [6, 6.07) is 24.4. The van der Waals surface area contributed by atoms with Gasteiger partial charge in [0, 0.05) is 7.85 Å². The number of H-pyrrole nitrogens is 1. The van der Waals surface area contributed by atoms with Gasteiger partial charge in [0.15, 0.2) is 5.82 Å². The van der Waals surface area contributed by atoms with E-state index in [9.17, 15) is 9.59 Å². The smallest absolute Gasteiger partial charge is 0.418 e. The van der Waals surface area contributed by atoms with Gasteiger partial charge in [-0.05, 0) is 37.1 Å². The monoisotopic (exact) mass is 487 g/mol. The van der Waals surface area contributed by atoms with E-state index in [4.69, 9.17) is 4.74 Å². The van der Waals surface area contributed by atoms with Crippen LogP contribution in [0.4, 0.5) is 4.79 Å². The maximum atomic E-state index is 13.9. The molecule has 0 radical (unpaired) electrons. The van der Waals surface area contributed by atoms with Gasteiger partial charge in [0.1, 0.15) is 0 Å². The maximum Gasteiger partial charge on any atom is 0.418 e. The number of rotatable bonds is 5. The molecule has 6 nitrogen and oxygen atoms in total. The molecule has 0 saturated carbocycles. The van der Waals surface area contributed by atoms with Crippen LogP contribution in [0.1, 0.15) is 64.6 Å². The number of hydrogen-bond acceptors (Lipinski definition) is 4. The number of carbonyl (C=O) groups excluding carboxylic acids is 2. The predicted octanol–water partition coefficient (Wildman–Crippen LogP) is 7.35. The van der Waals surface area contributed by atoms with Crippen LogP contribution in [0, 0.1) is 6.92 Å². The fraction of sp³-hybridized carbons (Fsp3) is 0.300. The molecule has 6 heteroatoms. The van der Waals surface area contributed by atoms with Crippen molar-refractivity contribution >= 4 is 23.0 Å². The molecule has 2 atom stereocenters. The molecule has 4 aromatic rings. The third-order valence-electron chi connectivity index (χ3n) is 6.04. The van der Waals surface area contributed by atoms with Crippen molar-refractivity contribution in [2.24, 2.45) is 0 Å². The van der Waals surface area contributed by atoms with E-state index in [-0.39, 0.29) is 7.85 Å². The average molecular weight is 488 g/mol. The molecule has 0 spiro atoms. The summed E-state index contributed by atoms with van der Waals surface area (Å²) >= 11 is 0. The molecule has 0 bridgehead atoms. The standard InChI is InChI=1S/C26H23N3O3.2C2H6.H2/c1-17-12-14-20(15-13-17)18(2)29-24(30)26(32-25(29)31,16-19-8-4-3-5-9-19)23-27-21-10-6-7-11-22(21)28-23;2*1-2;/h3-15,18H,16H2,1-2H3,(H,27,28);2*1-2H3;1H/t18-,26-;;;/m1.../s1. The lowest BCUT2D eigenvalue weighted by Gasteiger charge is -2.25. The number of aromatic amines is 1. The number of ether oxygens (including phenoxy) is 1. The summed E-state index contributed by atoms with van der Waals surface area (Å²) < 4.78 is 5.90. The van der Waals surface area contributed by atoms with E-state index >= 15 is 0 Å². The van der Waals surface area contributed by atoms with E-state index in [0.717, 1.165) is 22.2 Å². The first-order chi connectivity index (χ1) is 17.5. The lowest BCUT2D eigenvalue weighted by atomic mass is 9.92. The molecule has 1 aromatic heterocycles. The van der Waals surface area contributed by atoms with Crippen molar-refractivity contribution in [2.75, 3.05) is 0 Å². The topological polar surface area (TPSA) is 75.3 Å². The van der Waals surface area contributed by atoms with Crippen molar-refractivity contribution < 1.29 is 15.8 Å².